The second-order valence-electron chi connectivity index (χ2n) is 3.21. The van der Waals surface area contributed by atoms with Gasteiger partial charge < -0.3 is 0 Å². The molecule has 0 aromatic heterocycles. The Kier molecular flexibility index (Phi) is 2.27. The van der Waals surface area contributed by atoms with Crippen LogP contribution in [0.5, 0.6) is 0 Å². The topological polar surface area (TPSA) is 0 Å². The molecule has 0 aromatic rings. The molecule has 0 aromatic carbocycles. The Hall–Kier alpha value is -0.140. The van der Waals surface area contributed by atoms with Gasteiger partial charge in [0.15, 0.2) is 0 Å². The van der Waals surface area contributed by atoms with Crippen LogP contribution in [-0.4, -0.2) is 5.92 Å². The van der Waals surface area contributed by atoms with Gasteiger partial charge in [-0.3, -0.25) is 0 Å². The van der Waals surface area contributed by atoms with Crippen molar-refractivity contribution >= 4 is 0 Å². The number of rotatable bonds is 1. The van der Waals surface area contributed by atoms with E-state index in [0.717, 1.165) is 19.3 Å². The van der Waals surface area contributed by atoms with Crippen LogP contribution in [0.25, 0.3) is 0 Å². The SMILES string of the molecule is CCC1CCC(F)(F)CC1. The second-order valence-corrected chi connectivity index (χ2v) is 3.21. The van der Waals surface area contributed by atoms with E-state index in [0.29, 0.717) is 5.92 Å². The van der Waals surface area contributed by atoms with Crippen LogP contribution in [0.3, 0.4) is 0 Å². The van der Waals surface area contributed by atoms with E-state index in [4.69, 9.17) is 0 Å². The molecule has 1 rings (SSSR count). The number of halogens is 2. The van der Waals surface area contributed by atoms with Crippen LogP contribution in [0.1, 0.15) is 39.0 Å². The summed E-state index contributed by atoms with van der Waals surface area (Å²) in [5.41, 5.74) is 0. The Bertz CT molecular complexity index is 99.8. The summed E-state index contributed by atoms with van der Waals surface area (Å²) in [6.45, 7) is 2.08. The summed E-state index contributed by atoms with van der Waals surface area (Å²) >= 11 is 0. The molecule has 0 atom stereocenters. The Balaban J connectivity index is 2.31. The highest BCUT2D eigenvalue weighted by atomic mass is 19.3. The largest absolute Gasteiger partial charge is 0.248 e. The summed E-state index contributed by atoms with van der Waals surface area (Å²) in [5.74, 6) is -1.77. The molecule has 60 valence electrons. The molecule has 0 radical (unpaired) electrons. The number of hydrogen-bond donors (Lipinski definition) is 0. The van der Waals surface area contributed by atoms with Gasteiger partial charge in [-0.2, -0.15) is 0 Å². The maximum Gasteiger partial charge on any atom is 0.248 e. The average molecular weight is 148 g/mol. The first-order valence-electron chi connectivity index (χ1n) is 4.02. The van der Waals surface area contributed by atoms with E-state index >= 15 is 0 Å². The predicted octanol–water partition coefficient (Wildman–Crippen LogP) is 3.22. The molecule has 0 unspecified atom stereocenters. The Morgan fingerprint density at radius 2 is 1.80 bits per heavy atom. The highest BCUT2D eigenvalue weighted by Crippen LogP contribution is 2.36. The molecule has 1 aliphatic carbocycles. The van der Waals surface area contributed by atoms with Gasteiger partial charge in [0.2, 0.25) is 5.92 Å². The van der Waals surface area contributed by atoms with Crippen molar-refractivity contribution in [3.63, 3.8) is 0 Å². The molecule has 0 saturated heterocycles. The third-order valence-electron chi connectivity index (χ3n) is 2.41. The zero-order valence-corrected chi connectivity index (χ0v) is 6.37. The Morgan fingerprint density at radius 1 is 1.30 bits per heavy atom. The molecule has 0 nitrogen and oxygen atoms in total. The summed E-state index contributed by atoms with van der Waals surface area (Å²) in [7, 11) is 0. The molecular weight excluding hydrogens is 134 g/mol. The van der Waals surface area contributed by atoms with E-state index in [1.54, 1.807) is 0 Å². The summed E-state index contributed by atoms with van der Waals surface area (Å²) in [6.07, 6.45) is 2.75. The highest BCUT2D eigenvalue weighted by Gasteiger charge is 2.33. The summed E-state index contributed by atoms with van der Waals surface area (Å²) in [4.78, 5) is 0. The fraction of sp³-hybridized carbons (Fsp3) is 1.00. The van der Waals surface area contributed by atoms with Gasteiger partial charge in [-0.15, -0.1) is 0 Å². The Labute approximate surface area is 60.6 Å². The van der Waals surface area contributed by atoms with Crippen LogP contribution < -0.4 is 0 Å². The Morgan fingerprint density at radius 3 is 2.20 bits per heavy atom. The third kappa shape index (κ3) is 1.93. The lowest BCUT2D eigenvalue weighted by molar-refractivity contribution is -0.0460. The summed E-state index contributed by atoms with van der Waals surface area (Å²) < 4.78 is 25.0. The average Bonchev–Trinajstić information content (AvgIpc) is 1.88. The maximum atomic E-state index is 12.5. The standard InChI is InChI=1S/C8H14F2/c1-2-7-3-5-8(9,10)6-4-7/h7H,2-6H2,1H3. The zero-order chi connectivity index (χ0) is 7.61. The lowest BCUT2D eigenvalue weighted by atomic mass is 9.85. The molecule has 0 aliphatic heterocycles. The summed E-state index contributed by atoms with van der Waals surface area (Å²) in [5, 5.41) is 0. The molecule has 1 aliphatic rings. The van der Waals surface area contributed by atoms with E-state index in [9.17, 15) is 8.78 Å². The molecule has 0 N–H and O–H groups in total. The summed E-state index contributed by atoms with van der Waals surface area (Å²) in [6, 6.07) is 0. The van der Waals surface area contributed by atoms with Crippen LogP contribution in [0.2, 0.25) is 0 Å². The molecule has 0 amide bonds. The lowest BCUT2D eigenvalue weighted by Crippen LogP contribution is -2.24. The van der Waals surface area contributed by atoms with Gasteiger partial charge in [0.25, 0.3) is 0 Å². The molecule has 2 heteroatoms. The van der Waals surface area contributed by atoms with E-state index in [2.05, 4.69) is 6.92 Å². The first kappa shape index (κ1) is 7.96. The molecule has 0 spiro atoms. The monoisotopic (exact) mass is 148 g/mol. The van der Waals surface area contributed by atoms with Crippen molar-refractivity contribution in [1.82, 2.24) is 0 Å². The van der Waals surface area contributed by atoms with Crippen molar-refractivity contribution in [1.29, 1.82) is 0 Å². The van der Waals surface area contributed by atoms with E-state index in [1.807, 2.05) is 0 Å². The van der Waals surface area contributed by atoms with Gasteiger partial charge in [0.1, 0.15) is 0 Å². The quantitative estimate of drug-likeness (QED) is 0.535. The fourth-order valence-electron chi connectivity index (χ4n) is 1.51. The van der Waals surface area contributed by atoms with Crippen molar-refractivity contribution in [3.8, 4) is 0 Å². The first-order valence-corrected chi connectivity index (χ1v) is 4.02. The minimum absolute atomic E-state index is 0.117. The smallest absolute Gasteiger partial charge is 0.207 e. The van der Waals surface area contributed by atoms with Crippen LogP contribution in [-0.2, 0) is 0 Å². The van der Waals surface area contributed by atoms with Gasteiger partial charge in [-0.1, -0.05) is 13.3 Å². The molecule has 1 saturated carbocycles. The van der Waals surface area contributed by atoms with Gasteiger partial charge in [-0.25, -0.2) is 8.78 Å². The number of alkyl halides is 2. The van der Waals surface area contributed by atoms with Crippen LogP contribution in [0.15, 0.2) is 0 Å². The van der Waals surface area contributed by atoms with Gasteiger partial charge in [-0.05, 0) is 18.8 Å². The lowest BCUT2D eigenvalue weighted by Gasteiger charge is -2.27. The highest BCUT2D eigenvalue weighted by molar-refractivity contribution is 4.76. The van der Waals surface area contributed by atoms with Crippen molar-refractivity contribution in [3.05, 3.63) is 0 Å². The van der Waals surface area contributed by atoms with Gasteiger partial charge in [0.05, 0.1) is 0 Å². The van der Waals surface area contributed by atoms with E-state index in [-0.39, 0.29) is 12.8 Å². The molecule has 0 bridgehead atoms. The minimum Gasteiger partial charge on any atom is -0.207 e. The minimum atomic E-state index is -2.34. The molecule has 1 fully saturated rings. The first-order chi connectivity index (χ1) is 4.64. The maximum absolute atomic E-state index is 12.5. The number of hydrogen-bond acceptors (Lipinski definition) is 0. The van der Waals surface area contributed by atoms with Crippen molar-refractivity contribution in [2.45, 2.75) is 45.0 Å². The van der Waals surface area contributed by atoms with Crippen molar-refractivity contribution in [2.75, 3.05) is 0 Å². The zero-order valence-electron chi connectivity index (χ0n) is 6.37. The molecule has 0 heterocycles. The van der Waals surface area contributed by atoms with Gasteiger partial charge in [0, 0.05) is 12.8 Å². The van der Waals surface area contributed by atoms with Crippen LogP contribution >= 0.6 is 0 Å². The van der Waals surface area contributed by atoms with Crippen molar-refractivity contribution in [2.24, 2.45) is 5.92 Å². The van der Waals surface area contributed by atoms with E-state index < -0.39 is 5.92 Å². The second kappa shape index (κ2) is 2.85. The van der Waals surface area contributed by atoms with Crippen molar-refractivity contribution < 1.29 is 8.78 Å². The predicted molar refractivity (Wildman–Crippen MR) is 37.2 cm³/mol. The molecular formula is C8H14F2. The molecule has 10 heavy (non-hydrogen) atoms. The van der Waals surface area contributed by atoms with Crippen LogP contribution in [0, 0.1) is 5.92 Å². The van der Waals surface area contributed by atoms with E-state index in [1.165, 1.54) is 0 Å². The fourth-order valence-corrected chi connectivity index (χ4v) is 1.51. The van der Waals surface area contributed by atoms with Crippen LogP contribution in [0.4, 0.5) is 8.78 Å². The van der Waals surface area contributed by atoms with Gasteiger partial charge >= 0.3 is 0 Å². The normalized spacial score (nSPS) is 26.7. The third-order valence-corrected chi connectivity index (χ3v) is 2.41.